The van der Waals surface area contributed by atoms with E-state index in [1.54, 1.807) is 74.9 Å². The Hall–Kier alpha value is -4.35. The maximum Gasteiger partial charge on any atom is 0.308 e. The Balaban J connectivity index is 1.41. The van der Waals surface area contributed by atoms with Gasteiger partial charge in [0.05, 0.1) is 30.9 Å². The molecule has 1 N–H and O–H groups in total. The maximum atomic E-state index is 14.0. The molecule has 0 spiro atoms. The van der Waals surface area contributed by atoms with Crippen LogP contribution in [0.3, 0.4) is 0 Å². The molecule has 0 saturated carbocycles. The van der Waals surface area contributed by atoms with Crippen LogP contribution in [0.25, 0.3) is 0 Å². The molecule has 3 aromatic carbocycles. The van der Waals surface area contributed by atoms with Gasteiger partial charge in [0.2, 0.25) is 17.7 Å². The lowest BCUT2D eigenvalue weighted by molar-refractivity contribution is -0.122. The number of anilines is 2. The number of hydrogen-bond donors (Lipinski definition) is 1. The Morgan fingerprint density at radius 1 is 0.854 bits per heavy atom. The van der Waals surface area contributed by atoms with Crippen molar-refractivity contribution in [3.05, 3.63) is 99.0 Å². The molecule has 0 aliphatic carbocycles. The second-order valence-corrected chi connectivity index (χ2v) is 11.7. The quantitative estimate of drug-likeness (QED) is 0.320. The second-order valence-electron chi connectivity index (χ2n) is 9.56. The molecular weight excluding hydrogens is 562 g/mol. The number of para-hydroxylation sites is 1. The summed E-state index contributed by atoms with van der Waals surface area (Å²) in [5.41, 5.74) is 1.85. The van der Waals surface area contributed by atoms with Crippen LogP contribution in [-0.4, -0.2) is 41.8 Å². The summed E-state index contributed by atoms with van der Waals surface area (Å²) in [5.74, 6) is -1.10. The fourth-order valence-electron chi connectivity index (χ4n) is 5.28. The molecule has 0 bridgehead atoms. The summed E-state index contributed by atoms with van der Waals surface area (Å²) < 4.78 is 12.0. The van der Waals surface area contributed by atoms with E-state index in [-0.39, 0.29) is 29.1 Å². The number of fused-ring (bicyclic) bond motifs is 2. The van der Waals surface area contributed by atoms with Gasteiger partial charge in [-0.15, -0.1) is 0 Å². The summed E-state index contributed by atoms with van der Waals surface area (Å²) in [6, 6.07) is 23.0. The lowest BCUT2D eigenvalue weighted by Gasteiger charge is -2.30. The first-order valence-corrected chi connectivity index (χ1v) is 14.5. The molecule has 0 radical (unpaired) electrons. The van der Waals surface area contributed by atoms with Crippen LogP contribution in [0.5, 0.6) is 11.5 Å². The van der Waals surface area contributed by atoms with Gasteiger partial charge >= 0.3 is 4.87 Å². The molecule has 208 valence electrons. The predicted octanol–water partition coefficient (Wildman–Crippen LogP) is 4.36. The van der Waals surface area contributed by atoms with Crippen molar-refractivity contribution in [1.29, 1.82) is 0 Å². The van der Waals surface area contributed by atoms with Crippen LogP contribution in [0.1, 0.15) is 16.4 Å². The van der Waals surface area contributed by atoms with Crippen molar-refractivity contribution in [2.75, 3.05) is 24.4 Å². The predicted molar refractivity (Wildman–Crippen MR) is 157 cm³/mol. The van der Waals surface area contributed by atoms with Crippen molar-refractivity contribution in [3.8, 4) is 11.5 Å². The smallest absolute Gasteiger partial charge is 0.308 e. The largest absolute Gasteiger partial charge is 0.497 e. The molecule has 41 heavy (non-hydrogen) atoms. The number of rotatable bonds is 7. The number of carbonyl (C=O) groups excluding carboxylic acids is 3. The summed E-state index contributed by atoms with van der Waals surface area (Å²) in [4.78, 5) is 55.6. The highest BCUT2D eigenvalue weighted by Crippen LogP contribution is 2.54. The first-order chi connectivity index (χ1) is 19.9. The molecule has 2 aliphatic rings. The Morgan fingerprint density at radius 2 is 1.49 bits per heavy atom. The van der Waals surface area contributed by atoms with Gasteiger partial charge in [0.1, 0.15) is 23.3 Å². The standard InChI is InChI=1S/C30H25N3O6S2/c1-38-20-12-8-17(9-13-20)23-24-25(28(36)33(27(24)35)19-10-14-21(39-2)15-11-19)40-29-26(23)41-30(37)32(29)16-22(34)31-18-6-4-3-5-7-18/h3-15,23-25H,16H2,1-2H3,(H,31,34). The number of aromatic nitrogens is 1. The second kappa shape index (κ2) is 10.9. The minimum Gasteiger partial charge on any atom is -0.497 e. The van der Waals surface area contributed by atoms with E-state index in [1.807, 2.05) is 18.2 Å². The molecule has 3 atom stereocenters. The average molecular weight is 588 g/mol. The van der Waals surface area contributed by atoms with Gasteiger partial charge in [-0.1, -0.05) is 53.4 Å². The molecular formula is C30H25N3O6S2. The van der Waals surface area contributed by atoms with Crippen LogP contribution in [0, 0.1) is 5.92 Å². The van der Waals surface area contributed by atoms with Crippen LogP contribution in [0.15, 0.2) is 88.7 Å². The number of hydrogen-bond acceptors (Lipinski definition) is 8. The third-order valence-electron chi connectivity index (χ3n) is 7.21. The lowest BCUT2D eigenvalue weighted by atomic mass is 9.83. The zero-order chi connectivity index (χ0) is 28.7. The first kappa shape index (κ1) is 26.9. The third kappa shape index (κ3) is 4.81. The molecule has 1 fully saturated rings. The van der Waals surface area contributed by atoms with Crippen LogP contribution < -0.4 is 24.6 Å². The Bertz CT molecular complexity index is 1680. The van der Waals surface area contributed by atoms with E-state index < -0.39 is 17.1 Å². The van der Waals surface area contributed by atoms with Crippen LogP contribution in [0.4, 0.5) is 11.4 Å². The van der Waals surface area contributed by atoms with Gasteiger partial charge in [-0.25, -0.2) is 4.90 Å². The lowest BCUT2D eigenvalue weighted by Crippen LogP contribution is -2.33. The highest BCUT2D eigenvalue weighted by molar-refractivity contribution is 8.00. The molecule has 2 aliphatic heterocycles. The fourth-order valence-corrected chi connectivity index (χ4v) is 8.05. The highest BCUT2D eigenvalue weighted by atomic mass is 32.2. The minimum absolute atomic E-state index is 0.219. The zero-order valence-corrected chi connectivity index (χ0v) is 23.7. The van der Waals surface area contributed by atoms with E-state index in [4.69, 9.17) is 9.47 Å². The van der Waals surface area contributed by atoms with Crippen molar-refractivity contribution >= 4 is 52.2 Å². The van der Waals surface area contributed by atoms with Gasteiger partial charge in [0, 0.05) is 16.5 Å². The zero-order valence-electron chi connectivity index (χ0n) is 22.1. The number of amides is 3. The monoisotopic (exact) mass is 587 g/mol. The summed E-state index contributed by atoms with van der Waals surface area (Å²) >= 11 is 2.19. The molecule has 6 rings (SSSR count). The number of benzene rings is 3. The number of nitrogens with zero attached hydrogens (tertiary/aromatic N) is 2. The molecule has 3 unspecified atom stereocenters. The highest BCUT2D eigenvalue weighted by Gasteiger charge is 2.56. The van der Waals surface area contributed by atoms with Crippen LogP contribution >= 0.6 is 23.1 Å². The molecule has 4 aromatic rings. The van der Waals surface area contributed by atoms with Gasteiger partial charge in [-0.05, 0) is 54.1 Å². The van der Waals surface area contributed by atoms with Crippen molar-refractivity contribution < 1.29 is 23.9 Å². The van der Waals surface area contributed by atoms with Crippen molar-refractivity contribution in [2.45, 2.75) is 22.7 Å². The molecule has 3 amide bonds. The number of ether oxygens (including phenoxy) is 2. The van der Waals surface area contributed by atoms with Gasteiger partial charge in [0.25, 0.3) is 0 Å². The number of thiazole rings is 1. The molecule has 11 heteroatoms. The molecule has 1 saturated heterocycles. The van der Waals surface area contributed by atoms with Crippen molar-refractivity contribution in [2.24, 2.45) is 5.92 Å². The van der Waals surface area contributed by atoms with E-state index in [9.17, 15) is 19.2 Å². The first-order valence-electron chi connectivity index (χ1n) is 12.8. The summed E-state index contributed by atoms with van der Waals surface area (Å²) in [7, 11) is 3.11. The van der Waals surface area contributed by atoms with E-state index in [0.29, 0.717) is 32.8 Å². The summed E-state index contributed by atoms with van der Waals surface area (Å²) in [6.07, 6.45) is 0. The fraction of sp³-hybridized carbons (Fsp3) is 0.200. The topological polar surface area (TPSA) is 107 Å². The van der Waals surface area contributed by atoms with Crippen molar-refractivity contribution in [3.63, 3.8) is 0 Å². The number of carbonyl (C=O) groups is 3. The van der Waals surface area contributed by atoms with Gasteiger partial charge in [0.15, 0.2) is 0 Å². The number of nitrogens with one attached hydrogen (secondary N) is 1. The Morgan fingerprint density at radius 3 is 2.12 bits per heavy atom. The summed E-state index contributed by atoms with van der Waals surface area (Å²) in [6.45, 7) is -0.219. The average Bonchev–Trinajstić information content (AvgIpc) is 3.44. The van der Waals surface area contributed by atoms with Crippen molar-refractivity contribution in [1.82, 2.24) is 4.57 Å². The number of thioether (sulfide) groups is 1. The number of imide groups is 1. The molecule has 9 nitrogen and oxygen atoms in total. The van der Waals surface area contributed by atoms with E-state index >= 15 is 0 Å². The SMILES string of the molecule is COc1ccc(C2c3sc(=O)n(CC(=O)Nc4ccccc4)c3SC3C(=O)N(c4ccc(OC)cc4)C(=O)C32)cc1. The Kier molecular flexibility index (Phi) is 7.14. The number of methoxy groups -OCH3 is 2. The van der Waals surface area contributed by atoms with Crippen LogP contribution in [0.2, 0.25) is 0 Å². The van der Waals surface area contributed by atoms with Crippen LogP contribution in [-0.2, 0) is 20.9 Å². The van der Waals surface area contributed by atoms with E-state index in [2.05, 4.69) is 5.32 Å². The van der Waals surface area contributed by atoms with Gasteiger partial charge in [-0.2, -0.15) is 0 Å². The minimum atomic E-state index is -0.776. The molecule has 3 heterocycles. The maximum absolute atomic E-state index is 14.0. The molecule has 1 aromatic heterocycles. The van der Waals surface area contributed by atoms with Gasteiger partial charge in [-0.3, -0.25) is 23.7 Å². The van der Waals surface area contributed by atoms with E-state index in [1.165, 1.54) is 21.2 Å². The Labute approximate surface area is 243 Å². The summed E-state index contributed by atoms with van der Waals surface area (Å²) in [5, 5.41) is 2.57. The third-order valence-corrected chi connectivity index (χ3v) is 9.82. The van der Waals surface area contributed by atoms with E-state index in [0.717, 1.165) is 16.9 Å². The van der Waals surface area contributed by atoms with Gasteiger partial charge < -0.3 is 14.8 Å². The normalized spacial score (nSPS) is 19.5.